The molecule has 1 heterocycles. The zero-order chi connectivity index (χ0) is 17.9. The minimum absolute atomic E-state index is 0.760. The zero-order valence-electron chi connectivity index (χ0n) is 15.2. The van der Waals surface area contributed by atoms with Gasteiger partial charge in [0.15, 0.2) is 0 Å². The Morgan fingerprint density at radius 1 is 0.692 bits per heavy atom. The van der Waals surface area contributed by atoms with E-state index in [1.165, 1.54) is 27.8 Å². The Morgan fingerprint density at radius 2 is 1.27 bits per heavy atom. The molecule has 2 heteroatoms. The number of benzene rings is 3. The van der Waals surface area contributed by atoms with Crippen molar-refractivity contribution >= 4 is 0 Å². The van der Waals surface area contributed by atoms with E-state index in [0.29, 0.717) is 0 Å². The van der Waals surface area contributed by atoms with E-state index in [1.54, 1.807) is 0 Å². The van der Waals surface area contributed by atoms with Gasteiger partial charge in [-0.15, -0.1) is 0 Å². The average Bonchev–Trinajstić information content (AvgIpc) is 3.06. The lowest BCUT2D eigenvalue weighted by Gasteiger charge is -2.10. The molecule has 2 nitrogen and oxygen atoms in total. The monoisotopic (exact) mass is 338 g/mol. The van der Waals surface area contributed by atoms with Gasteiger partial charge in [0.2, 0.25) is 0 Å². The third-order valence-electron chi connectivity index (χ3n) is 4.80. The summed E-state index contributed by atoms with van der Waals surface area (Å²) in [5.41, 5.74) is 8.36. The van der Waals surface area contributed by atoms with Gasteiger partial charge in [0.25, 0.3) is 0 Å². The Kier molecular flexibility index (Phi) is 4.40. The van der Waals surface area contributed by atoms with Crippen molar-refractivity contribution in [3.05, 3.63) is 102 Å². The second kappa shape index (κ2) is 7.01. The SMILES string of the molecule is Cc1ccccc1-c1cc(-c2ccccc2C)n(Cc2ccccc2)n1. The number of rotatable bonds is 4. The van der Waals surface area contributed by atoms with Gasteiger partial charge in [-0.3, -0.25) is 4.68 Å². The molecule has 0 saturated heterocycles. The van der Waals surface area contributed by atoms with E-state index in [1.807, 2.05) is 6.07 Å². The highest BCUT2D eigenvalue weighted by molar-refractivity contribution is 5.72. The molecule has 0 unspecified atom stereocenters. The number of nitrogens with zero attached hydrogens (tertiary/aromatic N) is 2. The molecule has 0 bridgehead atoms. The molecule has 0 aliphatic carbocycles. The van der Waals surface area contributed by atoms with Crippen molar-refractivity contribution in [3.8, 4) is 22.5 Å². The van der Waals surface area contributed by atoms with Gasteiger partial charge in [-0.25, -0.2) is 0 Å². The molecule has 4 rings (SSSR count). The van der Waals surface area contributed by atoms with Crippen molar-refractivity contribution in [3.63, 3.8) is 0 Å². The summed E-state index contributed by atoms with van der Waals surface area (Å²) in [5, 5.41) is 4.97. The van der Waals surface area contributed by atoms with Crippen LogP contribution in [0.1, 0.15) is 16.7 Å². The maximum atomic E-state index is 4.97. The van der Waals surface area contributed by atoms with E-state index in [0.717, 1.165) is 17.9 Å². The highest BCUT2D eigenvalue weighted by Crippen LogP contribution is 2.30. The predicted molar refractivity (Wildman–Crippen MR) is 108 cm³/mol. The Balaban J connectivity index is 1.86. The lowest BCUT2D eigenvalue weighted by atomic mass is 10.0. The predicted octanol–water partition coefficient (Wildman–Crippen LogP) is 5.88. The molecule has 1 aromatic heterocycles. The highest BCUT2D eigenvalue weighted by atomic mass is 15.3. The minimum Gasteiger partial charge on any atom is -0.260 e. The van der Waals surface area contributed by atoms with Crippen molar-refractivity contribution < 1.29 is 0 Å². The quantitative estimate of drug-likeness (QED) is 0.454. The van der Waals surface area contributed by atoms with Crippen LogP contribution in [-0.2, 0) is 6.54 Å². The third-order valence-corrected chi connectivity index (χ3v) is 4.80. The van der Waals surface area contributed by atoms with E-state index in [9.17, 15) is 0 Å². The maximum Gasteiger partial charge on any atom is 0.0932 e. The first-order valence-corrected chi connectivity index (χ1v) is 8.96. The van der Waals surface area contributed by atoms with Gasteiger partial charge in [-0.2, -0.15) is 5.10 Å². The van der Waals surface area contributed by atoms with Crippen LogP contribution in [0.4, 0.5) is 0 Å². The van der Waals surface area contributed by atoms with Gasteiger partial charge in [-0.05, 0) is 36.6 Å². The summed E-state index contributed by atoms with van der Waals surface area (Å²) in [6, 6.07) is 29.7. The maximum absolute atomic E-state index is 4.97. The van der Waals surface area contributed by atoms with Crippen molar-refractivity contribution in [2.24, 2.45) is 0 Å². The van der Waals surface area contributed by atoms with Crippen LogP contribution in [0.25, 0.3) is 22.5 Å². The first-order valence-electron chi connectivity index (χ1n) is 8.96. The van der Waals surface area contributed by atoms with E-state index >= 15 is 0 Å². The second-order valence-electron chi connectivity index (χ2n) is 6.69. The van der Waals surface area contributed by atoms with Crippen LogP contribution in [0.2, 0.25) is 0 Å². The van der Waals surface area contributed by atoms with Crippen molar-refractivity contribution in [1.82, 2.24) is 9.78 Å². The van der Waals surface area contributed by atoms with E-state index in [-0.39, 0.29) is 0 Å². The lowest BCUT2D eigenvalue weighted by molar-refractivity contribution is 0.696. The molecule has 0 spiro atoms. The van der Waals surface area contributed by atoms with Crippen LogP contribution in [0.5, 0.6) is 0 Å². The normalized spacial score (nSPS) is 10.8. The fourth-order valence-corrected chi connectivity index (χ4v) is 3.36. The number of aryl methyl sites for hydroxylation is 2. The minimum atomic E-state index is 0.760. The first-order chi connectivity index (χ1) is 12.7. The van der Waals surface area contributed by atoms with Gasteiger partial charge in [0, 0.05) is 11.1 Å². The summed E-state index contributed by atoms with van der Waals surface area (Å²) in [6.07, 6.45) is 0. The van der Waals surface area contributed by atoms with Gasteiger partial charge < -0.3 is 0 Å². The summed E-state index contributed by atoms with van der Waals surface area (Å²) < 4.78 is 2.12. The largest absolute Gasteiger partial charge is 0.260 e. The Hall–Kier alpha value is -3.13. The molecule has 3 aromatic carbocycles. The van der Waals surface area contributed by atoms with Crippen LogP contribution >= 0.6 is 0 Å². The summed E-state index contributed by atoms with van der Waals surface area (Å²) in [6.45, 7) is 5.05. The van der Waals surface area contributed by atoms with Crippen molar-refractivity contribution in [2.75, 3.05) is 0 Å². The Bertz CT molecular complexity index is 1030. The molecule has 0 fully saturated rings. The molecule has 0 aliphatic heterocycles. The van der Waals surface area contributed by atoms with E-state index in [4.69, 9.17) is 5.10 Å². The van der Waals surface area contributed by atoms with Crippen LogP contribution in [-0.4, -0.2) is 9.78 Å². The molecule has 26 heavy (non-hydrogen) atoms. The molecule has 0 amide bonds. The third kappa shape index (κ3) is 3.18. The number of hydrogen-bond acceptors (Lipinski definition) is 1. The summed E-state index contributed by atoms with van der Waals surface area (Å²) in [7, 11) is 0. The number of aromatic nitrogens is 2. The average molecular weight is 338 g/mol. The molecular weight excluding hydrogens is 316 g/mol. The van der Waals surface area contributed by atoms with Gasteiger partial charge in [0.1, 0.15) is 0 Å². The Morgan fingerprint density at radius 3 is 1.92 bits per heavy atom. The molecule has 0 N–H and O–H groups in total. The second-order valence-corrected chi connectivity index (χ2v) is 6.69. The lowest BCUT2D eigenvalue weighted by Crippen LogP contribution is -2.04. The van der Waals surface area contributed by atoms with E-state index in [2.05, 4.69) is 97.4 Å². The fourth-order valence-electron chi connectivity index (χ4n) is 3.36. The number of hydrogen-bond donors (Lipinski definition) is 0. The Labute approximate surface area is 154 Å². The molecule has 0 radical (unpaired) electrons. The summed E-state index contributed by atoms with van der Waals surface area (Å²) in [5.74, 6) is 0. The zero-order valence-corrected chi connectivity index (χ0v) is 15.2. The van der Waals surface area contributed by atoms with Crippen LogP contribution in [0.3, 0.4) is 0 Å². The summed E-state index contributed by atoms with van der Waals surface area (Å²) >= 11 is 0. The van der Waals surface area contributed by atoms with Crippen LogP contribution < -0.4 is 0 Å². The molecular formula is C24H22N2. The molecule has 0 aliphatic rings. The van der Waals surface area contributed by atoms with Crippen molar-refractivity contribution in [2.45, 2.75) is 20.4 Å². The fraction of sp³-hybridized carbons (Fsp3) is 0.125. The molecule has 128 valence electrons. The smallest absolute Gasteiger partial charge is 0.0932 e. The highest BCUT2D eigenvalue weighted by Gasteiger charge is 2.14. The van der Waals surface area contributed by atoms with Crippen molar-refractivity contribution in [1.29, 1.82) is 0 Å². The molecule has 4 aromatic rings. The first kappa shape index (κ1) is 16.3. The summed E-state index contributed by atoms with van der Waals surface area (Å²) in [4.78, 5) is 0. The van der Waals surface area contributed by atoms with Gasteiger partial charge >= 0.3 is 0 Å². The molecule has 0 atom stereocenters. The van der Waals surface area contributed by atoms with Gasteiger partial charge in [-0.1, -0.05) is 78.9 Å². The van der Waals surface area contributed by atoms with Gasteiger partial charge in [0.05, 0.1) is 17.9 Å². The van der Waals surface area contributed by atoms with Crippen LogP contribution in [0, 0.1) is 13.8 Å². The van der Waals surface area contributed by atoms with Crippen LogP contribution in [0.15, 0.2) is 84.9 Å². The molecule has 0 saturated carbocycles. The topological polar surface area (TPSA) is 17.8 Å². The van der Waals surface area contributed by atoms with E-state index < -0.39 is 0 Å². The standard InChI is InChI=1S/C24H22N2/c1-18-10-6-8-14-21(18)23-16-24(22-15-9-7-11-19(22)2)26(25-23)17-20-12-4-3-5-13-20/h3-16H,17H2,1-2H3.